The first-order valence-corrected chi connectivity index (χ1v) is 9.93. The fourth-order valence-electron chi connectivity index (χ4n) is 3.40. The first-order valence-electron chi connectivity index (χ1n) is 8.49. The third-order valence-electron chi connectivity index (χ3n) is 4.95. The minimum Gasteiger partial charge on any atom is -0.354 e. The Morgan fingerprint density at radius 2 is 2.04 bits per heavy atom. The third-order valence-corrected chi connectivity index (χ3v) is 6.88. The number of hydrogen-bond acceptors (Lipinski definition) is 5. The molecular formula is C18H18N6O2S. The largest absolute Gasteiger partial charge is 0.354 e. The van der Waals surface area contributed by atoms with Crippen molar-refractivity contribution in [2.75, 3.05) is 25.0 Å². The summed E-state index contributed by atoms with van der Waals surface area (Å²) in [6.07, 6.45) is 4.05. The van der Waals surface area contributed by atoms with Crippen molar-refractivity contribution in [2.45, 2.75) is 17.4 Å². The Hall–Kier alpha value is -2.96. The number of anilines is 1. The Morgan fingerprint density at radius 3 is 2.78 bits per heavy atom. The highest BCUT2D eigenvalue weighted by atomic mass is 32.2. The molecule has 0 saturated carbocycles. The highest BCUT2D eigenvalue weighted by Gasteiger charge is 2.34. The van der Waals surface area contributed by atoms with Crippen molar-refractivity contribution in [3.05, 3.63) is 54.3 Å². The molecule has 1 aliphatic heterocycles. The van der Waals surface area contributed by atoms with E-state index in [1.165, 1.54) is 34.9 Å². The van der Waals surface area contributed by atoms with Gasteiger partial charge < -0.3 is 9.88 Å². The van der Waals surface area contributed by atoms with Gasteiger partial charge in [0, 0.05) is 32.4 Å². The molecule has 0 bridgehead atoms. The number of fused-ring (bicyclic) bond motifs is 1. The molecule has 138 valence electrons. The Balaban J connectivity index is 1.56. The van der Waals surface area contributed by atoms with Crippen molar-refractivity contribution < 1.29 is 8.42 Å². The summed E-state index contributed by atoms with van der Waals surface area (Å²) in [4.78, 5) is 17.3. The lowest BCUT2D eigenvalue weighted by atomic mass is 10.3. The highest BCUT2D eigenvalue weighted by Crippen LogP contribution is 2.29. The van der Waals surface area contributed by atoms with Gasteiger partial charge in [0.15, 0.2) is 5.69 Å². The van der Waals surface area contributed by atoms with E-state index in [0.29, 0.717) is 18.7 Å². The average Bonchev–Trinajstić information content (AvgIpc) is 3.36. The molecular weight excluding hydrogens is 364 g/mol. The highest BCUT2D eigenvalue weighted by molar-refractivity contribution is 7.89. The summed E-state index contributed by atoms with van der Waals surface area (Å²) in [6, 6.07) is 7.80. The van der Waals surface area contributed by atoms with E-state index >= 15 is 0 Å². The maximum Gasteiger partial charge on any atom is 0.243 e. The molecule has 3 heterocycles. The van der Waals surface area contributed by atoms with E-state index in [-0.39, 0.29) is 10.9 Å². The van der Waals surface area contributed by atoms with Crippen LogP contribution in [0.15, 0.2) is 47.8 Å². The second-order valence-corrected chi connectivity index (χ2v) is 8.45. The van der Waals surface area contributed by atoms with E-state index in [9.17, 15) is 8.42 Å². The number of nitrogens with zero attached hydrogens (tertiary/aromatic N) is 5. The number of sulfonamides is 1. The first-order chi connectivity index (χ1) is 13.0. The van der Waals surface area contributed by atoms with Crippen molar-refractivity contribution in [2.24, 2.45) is 0 Å². The van der Waals surface area contributed by atoms with Crippen LogP contribution in [-0.2, 0) is 10.0 Å². The molecule has 4 rings (SSSR count). The molecule has 0 amide bonds. The van der Waals surface area contributed by atoms with E-state index in [1.54, 1.807) is 7.05 Å². The lowest BCUT2D eigenvalue weighted by Crippen LogP contribution is -2.39. The van der Waals surface area contributed by atoms with Gasteiger partial charge in [-0.1, -0.05) is 24.3 Å². The van der Waals surface area contributed by atoms with E-state index in [1.807, 2.05) is 12.3 Å². The molecule has 1 aromatic carbocycles. The second kappa shape index (κ2) is 6.64. The van der Waals surface area contributed by atoms with E-state index in [0.717, 1.165) is 23.4 Å². The maximum absolute atomic E-state index is 12.9. The molecule has 0 spiro atoms. The van der Waals surface area contributed by atoms with Gasteiger partial charge in [-0.15, -0.1) is 0 Å². The summed E-state index contributed by atoms with van der Waals surface area (Å²) in [6.45, 7) is 8.27. The van der Waals surface area contributed by atoms with Crippen molar-refractivity contribution in [3.8, 4) is 0 Å². The van der Waals surface area contributed by atoms with Gasteiger partial charge in [0.2, 0.25) is 10.0 Å². The van der Waals surface area contributed by atoms with Gasteiger partial charge in [-0.25, -0.2) is 23.2 Å². The summed E-state index contributed by atoms with van der Waals surface area (Å²) in [7, 11) is -2.01. The predicted molar refractivity (Wildman–Crippen MR) is 102 cm³/mol. The van der Waals surface area contributed by atoms with E-state index in [2.05, 4.69) is 24.7 Å². The average molecular weight is 382 g/mol. The molecule has 2 aromatic heterocycles. The fourth-order valence-corrected chi connectivity index (χ4v) is 4.77. The minimum absolute atomic E-state index is 0.153. The summed E-state index contributed by atoms with van der Waals surface area (Å²) in [5.41, 5.74) is 1.19. The standard InChI is InChI=1S/C18H18N6O2S/c1-19-13-3-5-15(6-4-13)27(25,26)23(2)14-8-10-24(11-14)18-16-7-9-20-17(16)21-12-22-18/h3-7,9,12,14H,8,10-11H2,2H3,(H,20,21,22)/t14-/m1/s1. The number of nitrogens with one attached hydrogen (secondary N) is 1. The minimum atomic E-state index is -3.62. The molecule has 0 radical (unpaired) electrons. The van der Waals surface area contributed by atoms with Crippen molar-refractivity contribution in [1.82, 2.24) is 19.3 Å². The van der Waals surface area contributed by atoms with E-state index in [4.69, 9.17) is 6.57 Å². The van der Waals surface area contributed by atoms with Gasteiger partial charge in [-0.3, -0.25) is 0 Å². The summed E-state index contributed by atoms with van der Waals surface area (Å²) in [5.74, 6) is 0.816. The Bertz CT molecular complexity index is 1120. The number of hydrogen-bond donors (Lipinski definition) is 1. The quantitative estimate of drug-likeness (QED) is 0.700. The van der Waals surface area contributed by atoms with Crippen molar-refractivity contribution in [1.29, 1.82) is 0 Å². The van der Waals surface area contributed by atoms with Gasteiger partial charge in [-0.05, 0) is 12.5 Å². The Labute approximate surface area is 157 Å². The van der Waals surface area contributed by atoms with Crippen LogP contribution in [0.3, 0.4) is 0 Å². The molecule has 1 saturated heterocycles. The molecule has 8 nitrogen and oxygen atoms in total. The van der Waals surface area contributed by atoms with E-state index < -0.39 is 10.0 Å². The van der Waals surface area contributed by atoms with Crippen LogP contribution in [0.5, 0.6) is 0 Å². The van der Waals surface area contributed by atoms with Crippen LogP contribution >= 0.6 is 0 Å². The number of likely N-dealkylation sites (N-methyl/N-ethyl adjacent to an activating group) is 1. The fraction of sp³-hybridized carbons (Fsp3) is 0.278. The maximum atomic E-state index is 12.9. The number of benzene rings is 1. The topological polar surface area (TPSA) is 86.6 Å². The van der Waals surface area contributed by atoms with Gasteiger partial charge in [0.05, 0.1) is 16.9 Å². The Kier molecular flexibility index (Phi) is 4.30. The predicted octanol–water partition coefficient (Wildman–Crippen LogP) is 2.41. The number of aromatic nitrogens is 3. The van der Waals surface area contributed by atoms with Crippen LogP contribution in [0.4, 0.5) is 11.5 Å². The van der Waals surface area contributed by atoms with Gasteiger partial charge in [0.1, 0.15) is 17.8 Å². The number of aromatic amines is 1. The molecule has 1 N–H and O–H groups in total. The molecule has 27 heavy (non-hydrogen) atoms. The molecule has 1 aliphatic rings. The number of H-pyrrole nitrogens is 1. The first kappa shape index (κ1) is 17.5. The third kappa shape index (κ3) is 3.03. The second-order valence-electron chi connectivity index (χ2n) is 6.45. The van der Waals surface area contributed by atoms with Crippen LogP contribution in [0.25, 0.3) is 15.9 Å². The summed E-state index contributed by atoms with van der Waals surface area (Å²) < 4.78 is 27.3. The molecule has 1 atom stereocenters. The summed E-state index contributed by atoms with van der Waals surface area (Å²) >= 11 is 0. The van der Waals surface area contributed by atoms with Crippen LogP contribution in [0.2, 0.25) is 0 Å². The van der Waals surface area contributed by atoms with Gasteiger partial charge in [-0.2, -0.15) is 4.31 Å². The van der Waals surface area contributed by atoms with Crippen LogP contribution in [-0.4, -0.2) is 53.9 Å². The molecule has 1 fully saturated rings. The van der Waals surface area contributed by atoms with Crippen molar-refractivity contribution >= 4 is 32.6 Å². The zero-order valence-electron chi connectivity index (χ0n) is 14.7. The molecule has 0 aliphatic carbocycles. The van der Waals surface area contributed by atoms with Crippen LogP contribution < -0.4 is 4.90 Å². The van der Waals surface area contributed by atoms with Gasteiger partial charge >= 0.3 is 0 Å². The SMILES string of the molecule is [C-]#[N+]c1ccc(S(=O)(=O)N(C)[C@@H]2CCN(c3ncnc4[nH]ccc34)C2)cc1. The molecule has 3 aromatic rings. The van der Waals surface area contributed by atoms with Gasteiger partial charge in [0.25, 0.3) is 0 Å². The zero-order valence-corrected chi connectivity index (χ0v) is 15.5. The Morgan fingerprint density at radius 1 is 1.26 bits per heavy atom. The summed E-state index contributed by atoms with van der Waals surface area (Å²) in [5, 5.41) is 0.929. The van der Waals surface area contributed by atoms with Crippen molar-refractivity contribution in [3.63, 3.8) is 0 Å². The molecule has 0 unspecified atom stereocenters. The lowest BCUT2D eigenvalue weighted by molar-refractivity contribution is 0.390. The smallest absolute Gasteiger partial charge is 0.243 e. The number of rotatable bonds is 4. The normalized spacial score (nSPS) is 17.5. The monoisotopic (exact) mass is 382 g/mol. The zero-order chi connectivity index (χ0) is 19.0. The van der Waals surface area contributed by atoms with Crippen LogP contribution in [0, 0.1) is 6.57 Å². The van der Waals surface area contributed by atoms with Crippen LogP contribution in [0.1, 0.15) is 6.42 Å². The lowest BCUT2D eigenvalue weighted by Gasteiger charge is -2.25. The molecule has 9 heteroatoms.